The minimum absolute atomic E-state index is 0.141. The summed E-state index contributed by atoms with van der Waals surface area (Å²) in [6, 6.07) is 0. The molecular formula is C11H21NO2. The summed E-state index contributed by atoms with van der Waals surface area (Å²) in [5, 5.41) is 0. The van der Waals surface area contributed by atoms with Crippen molar-refractivity contribution in [2.45, 2.75) is 56.8 Å². The minimum Gasteiger partial charge on any atom is -0.378 e. The van der Waals surface area contributed by atoms with Crippen LogP contribution < -0.4 is 5.73 Å². The summed E-state index contributed by atoms with van der Waals surface area (Å²) in [6.45, 7) is 3.54. The quantitative estimate of drug-likeness (QED) is 0.748. The van der Waals surface area contributed by atoms with Gasteiger partial charge in [-0.05, 0) is 26.2 Å². The van der Waals surface area contributed by atoms with Crippen LogP contribution in [-0.2, 0) is 9.47 Å². The van der Waals surface area contributed by atoms with Crippen molar-refractivity contribution >= 4 is 0 Å². The largest absolute Gasteiger partial charge is 0.378 e. The zero-order valence-corrected chi connectivity index (χ0v) is 9.00. The first-order valence-electron chi connectivity index (χ1n) is 5.77. The lowest BCUT2D eigenvalue weighted by atomic mass is 9.72. The molecule has 1 unspecified atom stereocenters. The Balaban J connectivity index is 1.81. The Kier molecular flexibility index (Phi) is 3.10. The second-order valence-corrected chi connectivity index (χ2v) is 4.54. The van der Waals surface area contributed by atoms with E-state index >= 15 is 0 Å². The molecule has 1 saturated carbocycles. The van der Waals surface area contributed by atoms with Crippen LogP contribution in [0.25, 0.3) is 0 Å². The fourth-order valence-corrected chi connectivity index (χ4v) is 2.71. The lowest BCUT2D eigenvalue weighted by molar-refractivity contribution is -0.213. The van der Waals surface area contributed by atoms with Crippen LogP contribution in [0.1, 0.15) is 39.0 Å². The molecule has 2 fully saturated rings. The second kappa shape index (κ2) is 4.17. The number of rotatable bonds is 3. The molecule has 0 aromatic carbocycles. The highest BCUT2D eigenvalue weighted by Gasteiger charge is 2.48. The predicted octanol–water partition coefficient (Wildman–Crippen LogP) is 1.45. The minimum atomic E-state index is 0.141. The van der Waals surface area contributed by atoms with Crippen molar-refractivity contribution in [2.24, 2.45) is 5.73 Å². The highest BCUT2D eigenvalue weighted by molar-refractivity contribution is 4.99. The van der Waals surface area contributed by atoms with Crippen LogP contribution >= 0.6 is 0 Å². The number of nitrogens with two attached hydrogens (primary N) is 1. The zero-order valence-electron chi connectivity index (χ0n) is 9.00. The van der Waals surface area contributed by atoms with Gasteiger partial charge in [0.05, 0.1) is 17.8 Å². The van der Waals surface area contributed by atoms with Crippen LogP contribution in [0.2, 0.25) is 0 Å². The smallest absolute Gasteiger partial charge is 0.0736 e. The summed E-state index contributed by atoms with van der Waals surface area (Å²) in [5.74, 6) is 0. The van der Waals surface area contributed by atoms with Gasteiger partial charge in [0, 0.05) is 26.0 Å². The average Bonchev–Trinajstić information content (AvgIpc) is 2.16. The first-order chi connectivity index (χ1) is 6.78. The van der Waals surface area contributed by atoms with Gasteiger partial charge in [0.15, 0.2) is 0 Å². The molecule has 1 aliphatic carbocycles. The third-order valence-corrected chi connectivity index (χ3v) is 3.44. The molecule has 0 bridgehead atoms. The van der Waals surface area contributed by atoms with E-state index in [0.29, 0.717) is 18.8 Å². The van der Waals surface area contributed by atoms with Crippen LogP contribution in [0.3, 0.4) is 0 Å². The topological polar surface area (TPSA) is 44.5 Å². The standard InChI is InChI=1S/C11H21NO2/c1-2-13-10-6-11(7-10)5-3-4-9(8-12)14-11/h9-10H,2-8,12H2,1H3. The van der Waals surface area contributed by atoms with E-state index in [1.807, 2.05) is 0 Å². The van der Waals surface area contributed by atoms with Gasteiger partial charge in [-0.15, -0.1) is 0 Å². The van der Waals surface area contributed by atoms with Crippen molar-refractivity contribution in [3.63, 3.8) is 0 Å². The van der Waals surface area contributed by atoms with E-state index in [0.717, 1.165) is 25.9 Å². The molecule has 2 N–H and O–H groups in total. The molecule has 82 valence electrons. The molecule has 3 heteroatoms. The summed E-state index contributed by atoms with van der Waals surface area (Å²) in [6.07, 6.45) is 6.50. The van der Waals surface area contributed by atoms with Crippen molar-refractivity contribution in [2.75, 3.05) is 13.2 Å². The molecule has 1 spiro atoms. The normalized spacial score (nSPS) is 42.4. The van der Waals surface area contributed by atoms with Crippen LogP contribution in [0.4, 0.5) is 0 Å². The van der Waals surface area contributed by atoms with Crippen molar-refractivity contribution in [3.05, 3.63) is 0 Å². The van der Waals surface area contributed by atoms with Crippen molar-refractivity contribution < 1.29 is 9.47 Å². The van der Waals surface area contributed by atoms with Crippen molar-refractivity contribution in [3.8, 4) is 0 Å². The van der Waals surface area contributed by atoms with Gasteiger partial charge >= 0.3 is 0 Å². The molecule has 0 aromatic heterocycles. The molecule has 1 atom stereocenters. The van der Waals surface area contributed by atoms with Crippen LogP contribution in [0, 0.1) is 0 Å². The molecule has 14 heavy (non-hydrogen) atoms. The van der Waals surface area contributed by atoms with Gasteiger partial charge in [0.2, 0.25) is 0 Å². The number of ether oxygens (including phenoxy) is 2. The molecule has 0 aromatic rings. The first-order valence-corrected chi connectivity index (χ1v) is 5.77. The molecule has 1 saturated heterocycles. The molecule has 2 aliphatic rings. The molecule has 1 aliphatic heterocycles. The molecule has 3 nitrogen and oxygen atoms in total. The fraction of sp³-hybridized carbons (Fsp3) is 1.00. The van der Waals surface area contributed by atoms with Gasteiger partial charge in [-0.25, -0.2) is 0 Å². The Hall–Kier alpha value is -0.120. The summed E-state index contributed by atoms with van der Waals surface area (Å²) in [5.41, 5.74) is 5.78. The highest BCUT2D eigenvalue weighted by Crippen LogP contribution is 2.45. The highest BCUT2D eigenvalue weighted by atomic mass is 16.5. The van der Waals surface area contributed by atoms with E-state index in [-0.39, 0.29) is 5.60 Å². The lowest BCUT2D eigenvalue weighted by Gasteiger charge is -2.51. The van der Waals surface area contributed by atoms with E-state index in [1.54, 1.807) is 0 Å². The molecular weight excluding hydrogens is 178 g/mol. The van der Waals surface area contributed by atoms with E-state index in [9.17, 15) is 0 Å². The van der Waals surface area contributed by atoms with E-state index in [4.69, 9.17) is 15.2 Å². The van der Waals surface area contributed by atoms with Gasteiger partial charge in [0.25, 0.3) is 0 Å². The van der Waals surface area contributed by atoms with Gasteiger partial charge in [0.1, 0.15) is 0 Å². The maximum atomic E-state index is 6.03. The maximum absolute atomic E-state index is 6.03. The Morgan fingerprint density at radius 2 is 2.29 bits per heavy atom. The third-order valence-electron chi connectivity index (χ3n) is 3.44. The third kappa shape index (κ3) is 1.95. The van der Waals surface area contributed by atoms with Gasteiger partial charge < -0.3 is 15.2 Å². The van der Waals surface area contributed by atoms with Crippen molar-refractivity contribution in [1.82, 2.24) is 0 Å². The van der Waals surface area contributed by atoms with E-state index in [2.05, 4.69) is 6.92 Å². The van der Waals surface area contributed by atoms with Crippen LogP contribution in [0.15, 0.2) is 0 Å². The number of hydrogen-bond acceptors (Lipinski definition) is 3. The first kappa shape index (κ1) is 10.4. The zero-order chi connectivity index (χ0) is 10.0. The summed E-state index contributed by atoms with van der Waals surface area (Å²) < 4.78 is 11.6. The van der Waals surface area contributed by atoms with Crippen LogP contribution in [-0.4, -0.2) is 31.0 Å². The average molecular weight is 199 g/mol. The summed E-state index contributed by atoms with van der Waals surface area (Å²) >= 11 is 0. The molecule has 0 amide bonds. The Labute approximate surface area is 85.9 Å². The fourth-order valence-electron chi connectivity index (χ4n) is 2.71. The molecule has 0 radical (unpaired) electrons. The van der Waals surface area contributed by atoms with Crippen LogP contribution in [0.5, 0.6) is 0 Å². The molecule has 2 rings (SSSR count). The second-order valence-electron chi connectivity index (χ2n) is 4.54. The summed E-state index contributed by atoms with van der Waals surface area (Å²) in [7, 11) is 0. The van der Waals surface area contributed by atoms with E-state index in [1.165, 1.54) is 12.8 Å². The Morgan fingerprint density at radius 3 is 2.93 bits per heavy atom. The Morgan fingerprint density at radius 1 is 1.50 bits per heavy atom. The van der Waals surface area contributed by atoms with Gasteiger partial charge in [-0.2, -0.15) is 0 Å². The monoisotopic (exact) mass is 199 g/mol. The Bertz CT molecular complexity index is 190. The number of hydrogen-bond donors (Lipinski definition) is 1. The summed E-state index contributed by atoms with van der Waals surface area (Å²) in [4.78, 5) is 0. The van der Waals surface area contributed by atoms with Crippen molar-refractivity contribution in [1.29, 1.82) is 0 Å². The lowest BCUT2D eigenvalue weighted by Crippen LogP contribution is -2.55. The van der Waals surface area contributed by atoms with Gasteiger partial charge in [-0.3, -0.25) is 0 Å². The maximum Gasteiger partial charge on any atom is 0.0736 e. The predicted molar refractivity (Wildman–Crippen MR) is 55.2 cm³/mol. The van der Waals surface area contributed by atoms with Gasteiger partial charge in [-0.1, -0.05) is 0 Å². The van der Waals surface area contributed by atoms with E-state index < -0.39 is 0 Å². The SMILES string of the molecule is CCOC1CC2(CCCC(CN)O2)C1. The molecule has 1 heterocycles.